The molecule has 3 atom stereocenters. The number of carbonyl (C=O) groups is 1. The number of rotatable bonds is 5. The molecule has 2 aliphatic heterocycles. The number of aliphatic carboxylic acids is 1. The normalized spacial score (nSPS) is 26.5. The van der Waals surface area contributed by atoms with Crippen LogP contribution in [0.25, 0.3) is 0 Å². The minimum Gasteiger partial charge on any atom is -0.493 e. The first-order valence-electron chi connectivity index (χ1n) is 7.80. The number of carboxylic acids is 1. The molecule has 24 heavy (non-hydrogen) atoms. The van der Waals surface area contributed by atoms with Crippen molar-refractivity contribution in [3.63, 3.8) is 0 Å². The van der Waals surface area contributed by atoms with Gasteiger partial charge in [0, 0.05) is 18.2 Å². The van der Waals surface area contributed by atoms with Gasteiger partial charge in [-0.3, -0.25) is 4.79 Å². The lowest BCUT2D eigenvalue weighted by atomic mass is 9.89. The lowest BCUT2D eigenvalue weighted by Gasteiger charge is -2.24. The molecule has 1 aromatic rings. The van der Waals surface area contributed by atoms with E-state index in [0.29, 0.717) is 36.3 Å². The van der Waals surface area contributed by atoms with Crippen LogP contribution in [0.4, 0.5) is 0 Å². The molecule has 0 spiro atoms. The third-order valence-corrected chi connectivity index (χ3v) is 7.15. The molecule has 0 amide bonds. The third-order valence-electron chi connectivity index (χ3n) is 5.03. The van der Waals surface area contributed by atoms with Gasteiger partial charge >= 0.3 is 5.97 Å². The molecule has 1 aromatic carbocycles. The van der Waals surface area contributed by atoms with Crippen molar-refractivity contribution >= 4 is 16.0 Å². The van der Waals surface area contributed by atoms with Gasteiger partial charge in [0.1, 0.15) is 0 Å². The highest BCUT2D eigenvalue weighted by Crippen LogP contribution is 2.46. The van der Waals surface area contributed by atoms with Crippen LogP contribution >= 0.6 is 0 Å². The second kappa shape index (κ2) is 5.93. The standard InChI is InChI=1S/C16H21NO6S/c1-9-6-13(22-2)14(23-3)8-15(9)24(20,21)17-10-4-5-12(17)11(7-10)16(18)19/h6,8,10-12H,4-5,7H2,1-3H3,(H,18,19). The van der Waals surface area contributed by atoms with Crippen molar-refractivity contribution in [1.29, 1.82) is 0 Å². The number of fused-ring (bicyclic) bond motifs is 2. The highest BCUT2D eigenvalue weighted by atomic mass is 32.2. The maximum absolute atomic E-state index is 13.2. The van der Waals surface area contributed by atoms with Crippen molar-refractivity contribution < 1.29 is 27.8 Å². The number of sulfonamides is 1. The number of nitrogens with zero attached hydrogens (tertiary/aromatic N) is 1. The maximum atomic E-state index is 13.2. The number of ether oxygens (including phenoxy) is 2. The molecule has 2 saturated heterocycles. The van der Waals surface area contributed by atoms with Crippen molar-refractivity contribution in [3.05, 3.63) is 17.7 Å². The monoisotopic (exact) mass is 355 g/mol. The van der Waals surface area contributed by atoms with E-state index in [4.69, 9.17) is 9.47 Å². The van der Waals surface area contributed by atoms with Gasteiger partial charge in [0.25, 0.3) is 0 Å². The minimum atomic E-state index is -3.79. The highest BCUT2D eigenvalue weighted by molar-refractivity contribution is 7.89. The van der Waals surface area contributed by atoms with E-state index in [0.717, 1.165) is 0 Å². The van der Waals surface area contributed by atoms with Crippen molar-refractivity contribution in [1.82, 2.24) is 4.31 Å². The van der Waals surface area contributed by atoms with Crippen molar-refractivity contribution in [3.8, 4) is 11.5 Å². The van der Waals surface area contributed by atoms with Gasteiger partial charge in [-0.25, -0.2) is 8.42 Å². The highest BCUT2D eigenvalue weighted by Gasteiger charge is 2.54. The Hall–Kier alpha value is -1.80. The Morgan fingerprint density at radius 2 is 1.83 bits per heavy atom. The fourth-order valence-electron chi connectivity index (χ4n) is 3.93. The number of hydrogen-bond donors (Lipinski definition) is 1. The summed E-state index contributed by atoms with van der Waals surface area (Å²) in [6.45, 7) is 1.70. The smallest absolute Gasteiger partial charge is 0.308 e. The molecule has 0 aliphatic carbocycles. The fraction of sp³-hybridized carbons (Fsp3) is 0.562. The van der Waals surface area contributed by atoms with Crippen molar-refractivity contribution in [2.24, 2.45) is 5.92 Å². The molecule has 1 N–H and O–H groups in total. The fourth-order valence-corrected chi connectivity index (χ4v) is 6.07. The first kappa shape index (κ1) is 17.0. The largest absolute Gasteiger partial charge is 0.493 e. The molecule has 7 nitrogen and oxygen atoms in total. The summed E-state index contributed by atoms with van der Waals surface area (Å²) < 4.78 is 38.2. The van der Waals surface area contributed by atoms with Gasteiger partial charge in [0.05, 0.1) is 25.0 Å². The summed E-state index contributed by atoms with van der Waals surface area (Å²) in [5.74, 6) is -0.754. The number of hydrogen-bond acceptors (Lipinski definition) is 5. The Morgan fingerprint density at radius 3 is 2.38 bits per heavy atom. The molecule has 0 radical (unpaired) electrons. The third kappa shape index (κ3) is 2.44. The summed E-state index contributed by atoms with van der Waals surface area (Å²) in [5.41, 5.74) is 0.547. The van der Waals surface area contributed by atoms with Gasteiger partial charge in [0.15, 0.2) is 11.5 Å². The van der Waals surface area contributed by atoms with Crippen LogP contribution in [0.15, 0.2) is 17.0 Å². The van der Waals surface area contributed by atoms with Crippen LogP contribution in [0, 0.1) is 12.8 Å². The minimum absolute atomic E-state index is 0.142. The van der Waals surface area contributed by atoms with Gasteiger partial charge in [-0.1, -0.05) is 0 Å². The number of methoxy groups -OCH3 is 2. The first-order chi connectivity index (χ1) is 11.3. The molecule has 3 unspecified atom stereocenters. The average Bonchev–Trinajstić information content (AvgIpc) is 3.13. The summed E-state index contributed by atoms with van der Waals surface area (Å²) in [6.07, 6.45) is 1.68. The van der Waals surface area contributed by atoms with E-state index in [-0.39, 0.29) is 10.9 Å². The number of benzene rings is 1. The molecule has 0 saturated carbocycles. The first-order valence-corrected chi connectivity index (χ1v) is 9.24. The van der Waals surface area contributed by atoms with Crippen LogP contribution in [0.2, 0.25) is 0 Å². The van der Waals surface area contributed by atoms with E-state index in [1.54, 1.807) is 13.0 Å². The summed E-state index contributed by atoms with van der Waals surface area (Å²) >= 11 is 0. The second-order valence-corrected chi connectivity index (χ2v) is 8.10. The van der Waals surface area contributed by atoms with Gasteiger partial charge in [-0.15, -0.1) is 0 Å². The van der Waals surface area contributed by atoms with Gasteiger partial charge in [0.2, 0.25) is 10.0 Å². The zero-order valence-corrected chi connectivity index (χ0v) is 14.7. The van der Waals surface area contributed by atoms with Gasteiger partial charge in [-0.05, 0) is 37.8 Å². The summed E-state index contributed by atoms with van der Waals surface area (Å²) in [5, 5.41) is 9.34. The quantitative estimate of drug-likeness (QED) is 0.863. The van der Waals surface area contributed by atoms with Crippen LogP contribution in [0.1, 0.15) is 24.8 Å². The molecular weight excluding hydrogens is 334 g/mol. The molecule has 2 heterocycles. The average molecular weight is 355 g/mol. The lowest BCUT2D eigenvalue weighted by Crippen LogP contribution is -2.38. The Labute approximate surface area is 141 Å². The number of aryl methyl sites for hydroxylation is 1. The maximum Gasteiger partial charge on any atom is 0.308 e. The van der Waals surface area contributed by atoms with E-state index < -0.39 is 28.0 Å². The summed E-state index contributed by atoms with van der Waals surface area (Å²) in [4.78, 5) is 11.5. The van der Waals surface area contributed by atoms with Crippen LogP contribution in [-0.4, -0.2) is 50.1 Å². The molecule has 2 bridgehead atoms. The molecule has 2 aliphatic rings. The Morgan fingerprint density at radius 1 is 1.21 bits per heavy atom. The van der Waals surface area contributed by atoms with Gasteiger partial charge < -0.3 is 14.6 Å². The van der Waals surface area contributed by atoms with Crippen molar-refractivity contribution in [2.75, 3.05) is 14.2 Å². The second-order valence-electron chi connectivity index (χ2n) is 6.29. The van der Waals surface area contributed by atoms with E-state index in [1.807, 2.05) is 0 Å². The van der Waals surface area contributed by atoms with Gasteiger partial charge in [-0.2, -0.15) is 4.31 Å². The van der Waals surface area contributed by atoms with E-state index in [9.17, 15) is 18.3 Å². The summed E-state index contributed by atoms with van der Waals surface area (Å²) in [6, 6.07) is 2.37. The number of carboxylic acid groups (broad SMARTS) is 1. The lowest BCUT2D eigenvalue weighted by molar-refractivity contribution is -0.142. The van der Waals surface area contributed by atoms with Crippen LogP contribution in [-0.2, 0) is 14.8 Å². The molecular formula is C16H21NO6S. The SMILES string of the molecule is COc1cc(C)c(S(=O)(=O)N2C3CCC2C(C(=O)O)C3)cc1OC. The van der Waals surface area contributed by atoms with Crippen LogP contribution < -0.4 is 9.47 Å². The predicted molar refractivity (Wildman–Crippen MR) is 85.9 cm³/mol. The Kier molecular flexibility index (Phi) is 4.21. The van der Waals surface area contributed by atoms with Crippen LogP contribution in [0.3, 0.4) is 0 Å². The zero-order chi connectivity index (χ0) is 17.6. The van der Waals surface area contributed by atoms with E-state index in [1.165, 1.54) is 24.6 Å². The summed E-state index contributed by atoms with van der Waals surface area (Å²) in [7, 11) is -0.857. The molecule has 3 rings (SSSR count). The molecule has 0 aromatic heterocycles. The predicted octanol–water partition coefficient (Wildman–Crippen LogP) is 1.64. The van der Waals surface area contributed by atoms with Crippen LogP contribution in [0.5, 0.6) is 11.5 Å². The topological polar surface area (TPSA) is 93.1 Å². The Bertz CT molecular complexity index is 775. The zero-order valence-electron chi connectivity index (χ0n) is 13.9. The molecule has 132 valence electrons. The van der Waals surface area contributed by atoms with Crippen molar-refractivity contribution in [2.45, 2.75) is 43.2 Å². The van der Waals surface area contributed by atoms with E-state index >= 15 is 0 Å². The Balaban J connectivity index is 2.05. The van der Waals surface area contributed by atoms with E-state index in [2.05, 4.69) is 0 Å². The molecule has 8 heteroatoms. The molecule has 2 fully saturated rings.